The van der Waals surface area contributed by atoms with Gasteiger partial charge in [0, 0.05) is 38.1 Å². The summed E-state index contributed by atoms with van der Waals surface area (Å²) in [4.78, 5) is 16.3. The molecule has 0 aromatic heterocycles. The number of carbonyl (C=O) groups is 1. The second-order valence-corrected chi connectivity index (χ2v) is 6.45. The summed E-state index contributed by atoms with van der Waals surface area (Å²) in [5, 5.41) is 2.96. The standard InChI is InChI=1S/C20H25N3O2/c1-16-14-23(12-13-25-16)20(24)21-18-8-10-19(11-9-18)22(2)15-17-6-4-3-5-7-17/h3-11,16H,12-15H2,1-2H3,(H,21,24). The van der Waals surface area contributed by atoms with Crippen LogP contribution in [0.2, 0.25) is 0 Å². The summed E-state index contributed by atoms with van der Waals surface area (Å²) in [5.41, 5.74) is 3.19. The molecule has 3 rings (SSSR count). The molecule has 25 heavy (non-hydrogen) atoms. The van der Waals surface area contributed by atoms with Gasteiger partial charge in [0.05, 0.1) is 12.7 Å². The number of ether oxygens (including phenoxy) is 1. The minimum absolute atomic E-state index is 0.0689. The minimum Gasteiger partial charge on any atom is -0.375 e. The van der Waals surface area contributed by atoms with Crippen LogP contribution in [-0.4, -0.2) is 43.8 Å². The topological polar surface area (TPSA) is 44.8 Å². The molecule has 1 atom stereocenters. The molecule has 0 bridgehead atoms. The highest BCUT2D eigenvalue weighted by molar-refractivity contribution is 5.89. The molecule has 0 radical (unpaired) electrons. The molecule has 2 aromatic rings. The molecule has 132 valence electrons. The van der Waals surface area contributed by atoms with Crippen LogP contribution < -0.4 is 10.2 Å². The van der Waals surface area contributed by atoms with Gasteiger partial charge in [-0.2, -0.15) is 0 Å². The first-order chi connectivity index (χ1) is 12.1. The highest BCUT2D eigenvalue weighted by Crippen LogP contribution is 2.19. The van der Waals surface area contributed by atoms with Crippen LogP contribution in [0.25, 0.3) is 0 Å². The Labute approximate surface area is 149 Å². The normalized spacial score (nSPS) is 17.2. The SMILES string of the molecule is CC1CN(C(=O)Nc2ccc(N(C)Cc3ccccc3)cc2)CCO1. The van der Waals surface area contributed by atoms with Gasteiger partial charge in [-0.05, 0) is 36.8 Å². The van der Waals surface area contributed by atoms with E-state index in [1.165, 1.54) is 5.56 Å². The number of nitrogens with zero attached hydrogens (tertiary/aromatic N) is 2. The maximum atomic E-state index is 12.3. The lowest BCUT2D eigenvalue weighted by molar-refractivity contribution is -0.00138. The number of carbonyl (C=O) groups excluding carboxylic acids is 1. The number of urea groups is 1. The molecule has 1 aliphatic heterocycles. The van der Waals surface area contributed by atoms with Crippen molar-refractivity contribution in [2.24, 2.45) is 0 Å². The third-order valence-corrected chi connectivity index (χ3v) is 4.35. The van der Waals surface area contributed by atoms with Gasteiger partial charge in [-0.25, -0.2) is 4.79 Å². The van der Waals surface area contributed by atoms with Crippen molar-refractivity contribution < 1.29 is 9.53 Å². The zero-order valence-corrected chi connectivity index (χ0v) is 14.8. The molecule has 1 unspecified atom stereocenters. The molecule has 2 aromatic carbocycles. The zero-order valence-electron chi connectivity index (χ0n) is 14.8. The van der Waals surface area contributed by atoms with Gasteiger partial charge in [-0.15, -0.1) is 0 Å². The van der Waals surface area contributed by atoms with Crippen LogP contribution in [-0.2, 0) is 11.3 Å². The Bertz CT molecular complexity index is 688. The van der Waals surface area contributed by atoms with E-state index < -0.39 is 0 Å². The zero-order chi connectivity index (χ0) is 17.6. The van der Waals surface area contributed by atoms with Gasteiger partial charge in [-0.1, -0.05) is 30.3 Å². The van der Waals surface area contributed by atoms with E-state index in [1.807, 2.05) is 49.4 Å². The Kier molecular flexibility index (Phi) is 5.56. The number of rotatable bonds is 4. The molecule has 1 heterocycles. The predicted molar refractivity (Wildman–Crippen MR) is 101 cm³/mol. The molecular weight excluding hydrogens is 314 g/mol. The first-order valence-corrected chi connectivity index (χ1v) is 8.64. The molecule has 1 aliphatic rings. The smallest absolute Gasteiger partial charge is 0.322 e. The Morgan fingerprint density at radius 2 is 1.92 bits per heavy atom. The lowest BCUT2D eigenvalue weighted by atomic mass is 10.2. The second-order valence-electron chi connectivity index (χ2n) is 6.45. The summed E-state index contributed by atoms with van der Waals surface area (Å²) in [5.74, 6) is 0. The van der Waals surface area contributed by atoms with Crippen LogP contribution >= 0.6 is 0 Å². The van der Waals surface area contributed by atoms with Gasteiger partial charge < -0.3 is 19.9 Å². The fraction of sp³-hybridized carbons (Fsp3) is 0.350. The van der Waals surface area contributed by atoms with E-state index in [0.717, 1.165) is 17.9 Å². The monoisotopic (exact) mass is 339 g/mol. The van der Waals surface area contributed by atoms with Crippen molar-refractivity contribution in [1.29, 1.82) is 0 Å². The van der Waals surface area contributed by atoms with Gasteiger partial charge in [0.15, 0.2) is 0 Å². The largest absolute Gasteiger partial charge is 0.375 e. The fourth-order valence-electron chi connectivity index (χ4n) is 2.95. The van der Waals surface area contributed by atoms with E-state index in [9.17, 15) is 4.79 Å². The van der Waals surface area contributed by atoms with Gasteiger partial charge >= 0.3 is 6.03 Å². The van der Waals surface area contributed by atoms with Crippen LogP contribution in [0.3, 0.4) is 0 Å². The number of hydrogen-bond acceptors (Lipinski definition) is 3. The van der Waals surface area contributed by atoms with E-state index in [1.54, 1.807) is 4.90 Å². The molecule has 5 heteroatoms. The Morgan fingerprint density at radius 3 is 2.60 bits per heavy atom. The van der Waals surface area contributed by atoms with Crippen LogP contribution in [0.5, 0.6) is 0 Å². The lowest BCUT2D eigenvalue weighted by Crippen LogP contribution is -2.46. The van der Waals surface area contributed by atoms with Gasteiger partial charge in [0.2, 0.25) is 0 Å². The average Bonchev–Trinajstić information content (AvgIpc) is 2.63. The highest BCUT2D eigenvalue weighted by Gasteiger charge is 2.21. The average molecular weight is 339 g/mol. The van der Waals surface area contributed by atoms with Crippen molar-refractivity contribution in [2.45, 2.75) is 19.6 Å². The number of benzene rings is 2. The molecule has 2 amide bonds. The molecule has 0 spiro atoms. The lowest BCUT2D eigenvalue weighted by Gasteiger charge is -2.31. The number of amides is 2. The first-order valence-electron chi connectivity index (χ1n) is 8.64. The Hall–Kier alpha value is -2.53. The van der Waals surface area contributed by atoms with Crippen LogP contribution in [0.1, 0.15) is 12.5 Å². The van der Waals surface area contributed by atoms with Gasteiger partial charge in [0.25, 0.3) is 0 Å². The maximum absolute atomic E-state index is 12.3. The van der Waals surface area contributed by atoms with E-state index in [0.29, 0.717) is 19.7 Å². The van der Waals surface area contributed by atoms with Gasteiger partial charge in [0.1, 0.15) is 0 Å². The van der Waals surface area contributed by atoms with Crippen LogP contribution in [0, 0.1) is 0 Å². The molecule has 0 aliphatic carbocycles. The molecule has 1 fully saturated rings. The van der Waals surface area contributed by atoms with Crippen molar-refractivity contribution in [2.75, 3.05) is 37.0 Å². The van der Waals surface area contributed by atoms with Crippen molar-refractivity contribution >= 4 is 17.4 Å². The first kappa shape index (κ1) is 17.3. The molecular formula is C20H25N3O2. The Balaban J connectivity index is 1.57. The van der Waals surface area contributed by atoms with Crippen molar-refractivity contribution in [1.82, 2.24) is 4.90 Å². The Morgan fingerprint density at radius 1 is 1.20 bits per heavy atom. The van der Waals surface area contributed by atoms with Crippen molar-refractivity contribution in [3.05, 3.63) is 60.2 Å². The summed E-state index contributed by atoms with van der Waals surface area (Å²) in [6.45, 7) is 4.69. The molecule has 1 saturated heterocycles. The summed E-state index contributed by atoms with van der Waals surface area (Å²) >= 11 is 0. The van der Waals surface area contributed by atoms with Crippen LogP contribution in [0.4, 0.5) is 16.2 Å². The number of hydrogen-bond donors (Lipinski definition) is 1. The molecule has 1 N–H and O–H groups in total. The highest BCUT2D eigenvalue weighted by atomic mass is 16.5. The third-order valence-electron chi connectivity index (χ3n) is 4.35. The quantitative estimate of drug-likeness (QED) is 0.926. The fourth-order valence-corrected chi connectivity index (χ4v) is 2.95. The predicted octanol–water partition coefficient (Wildman–Crippen LogP) is 3.58. The maximum Gasteiger partial charge on any atom is 0.322 e. The molecule has 5 nitrogen and oxygen atoms in total. The van der Waals surface area contributed by atoms with E-state index in [2.05, 4.69) is 29.4 Å². The van der Waals surface area contributed by atoms with Crippen LogP contribution in [0.15, 0.2) is 54.6 Å². The van der Waals surface area contributed by atoms with E-state index in [4.69, 9.17) is 4.74 Å². The second kappa shape index (κ2) is 8.03. The minimum atomic E-state index is -0.0689. The van der Waals surface area contributed by atoms with E-state index >= 15 is 0 Å². The summed E-state index contributed by atoms with van der Waals surface area (Å²) in [6.07, 6.45) is 0.0912. The summed E-state index contributed by atoms with van der Waals surface area (Å²) in [7, 11) is 2.07. The van der Waals surface area contributed by atoms with Gasteiger partial charge in [-0.3, -0.25) is 0 Å². The van der Waals surface area contributed by atoms with E-state index in [-0.39, 0.29) is 12.1 Å². The number of anilines is 2. The number of morpholine rings is 1. The molecule has 0 saturated carbocycles. The summed E-state index contributed by atoms with van der Waals surface area (Å²) < 4.78 is 5.47. The number of nitrogens with one attached hydrogen (secondary N) is 1. The summed E-state index contributed by atoms with van der Waals surface area (Å²) in [6, 6.07) is 18.2. The van der Waals surface area contributed by atoms with Crippen molar-refractivity contribution in [3.8, 4) is 0 Å². The van der Waals surface area contributed by atoms with Crippen molar-refractivity contribution in [3.63, 3.8) is 0 Å². The third kappa shape index (κ3) is 4.73.